The summed E-state index contributed by atoms with van der Waals surface area (Å²) in [5.41, 5.74) is 7.20. The van der Waals surface area contributed by atoms with Crippen molar-refractivity contribution in [3.05, 3.63) is 42.0 Å². The Morgan fingerprint density at radius 2 is 1.23 bits per heavy atom. The first-order chi connectivity index (χ1) is 12.4. The van der Waals surface area contributed by atoms with Crippen LogP contribution in [-0.2, 0) is 14.4 Å². The number of hydrogen-bond acceptors (Lipinski definition) is 7. The normalized spacial score (nSPS) is 9.35. The quantitative estimate of drug-likeness (QED) is 0.384. The zero-order valence-corrected chi connectivity index (χ0v) is 19.3. The van der Waals surface area contributed by atoms with E-state index in [1.54, 1.807) is 0 Å². The van der Waals surface area contributed by atoms with E-state index < -0.39 is 0 Å². The number of nitrogens with two attached hydrogens (primary N) is 1. The molecule has 0 aliphatic carbocycles. The number of benzene rings is 2. The van der Waals surface area contributed by atoms with Crippen LogP contribution < -0.4 is 9.31 Å². The number of thiocarbonyl (C=S) groups is 3. The molecule has 0 amide bonds. The van der Waals surface area contributed by atoms with Gasteiger partial charge in [-0.15, -0.1) is 0 Å². The third-order valence-corrected chi connectivity index (χ3v) is 4.14. The summed E-state index contributed by atoms with van der Waals surface area (Å²) in [6.07, 6.45) is 1.69. The number of carbonyl (C=O) groups is 3. The van der Waals surface area contributed by atoms with Gasteiger partial charge in [0.15, 0.2) is 18.9 Å². The van der Waals surface area contributed by atoms with E-state index in [-0.39, 0.29) is 6.04 Å². The summed E-state index contributed by atoms with van der Waals surface area (Å²) in [5, 5.41) is 5.68. The molecule has 2 aromatic carbocycles. The van der Waals surface area contributed by atoms with E-state index in [2.05, 4.69) is 73.1 Å². The molecule has 135 valence electrons. The molecule has 0 bridgehead atoms. The second kappa shape index (κ2) is 18.5. The van der Waals surface area contributed by atoms with Crippen LogP contribution in [0.2, 0.25) is 0 Å². The Bertz CT molecular complexity index is 690. The summed E-state index contributed by atoms with van der Waals surface area (Å²) in [7, 11) is 0. The van der Waals surface area contributed by atoms with Gasteiger partial charge < -0.3 is 0 Å². The molecule has 0 spiro atoms. The Morgan fingerprint density at radius 3 is 1.54 bits per heavy atom. The van der Waals surface area contributed by atoms with Crippen LogP contribution in [0.1, 0.15) is 18.5 Å². The Kier molecular flexibility index (Phi) is 19.2. The van der Waals surface area contributed by atoms with E-state index >= 15 is 0 Å². The molecule has 26 heavy (non-hydrogen) atoms. The van der Waals surface area contributed by atoms with Gasteiger partial charge in [-0.3, -0.25) is 14.4 Å². The summed E-state index contributed by atoms with van der Waals surface area (Å²) in [6.45, 7) is 2.04. The predicted octanol–water partition coefficient (Wildman–Crippen LogP) is 2.21. The van der Waals surface area contributed by atoms with Gasteiger partial charge in [-0.1, -0.05) is 36.7 Å². The van der Waals surface area contributed by atoms with Gasteiger partial charge in [-0.2, -0.15) is 0 Å². The van der Waals surface area contributed by atoms with Crippen LogP contribution in [0.25, 0.3) is 10.8 Å². The molecular formula is C18H18NO3S3Sn. The van der Waals surface area contributed by atoms with Crippen LogP contribution in [-0.4, -0.2) is 57.5 Å². The molecule has 4 nitrogen and oxygen atoms in total. The molecular weight excluding hydrogens is 493 g/mol. The predicted molar refractivity (Wildman–Crippen MR) is 121 cm³/mol. The van der Waals surface area contributed by atoms with Crippen LogP contribution in [0.4, 0.5) is 0 Å². The van der Waals surface area contributed by atoms with Gasteiger partial charge in [0.1, 0.15) is 0 Å². The first-order valence-corrected chi connectivity index (χ1v) is 9.94. The average Bonchev–Trinajstić information content (AvgIpc) is 2.67. The van der Waals surface area contributed by atoms with Crippen molar-refractivity contribution >= 4 is 108 Å². The first kappa shape index (κ1) is 27.0. The second-order valence-corrected chi connectivity index (χ2v) is 6.75. The molecule has 0 saturated heterocycles. The van der Waals surface area contributed by atoms with E-state index in [4.69, 9.17) is 20.1 Å². The van der Waals surface area contributed by atoms with Crippen LogP contribution in [0, 0.1) is 0 Å². The Balaban J connectivity index is 0. The van der Waals surface area contributed by atoms with E-state index in [0.29, 0.717) is 18.9 Å². The van der Waals surface area contributed by atoms with Gasteiger partial charge >= 0.3 is 97.5 Å². The van der Waals surface area contributed by atoms with E-state index in [1.165, 1.54) is 42.4 Å². The standard InChI is InChI=1S/C12H12N.3C2H2OS.Sn/c1-9(13)11-7-6-10-4-2-3-5-12(10)8-11;3*3-1-2-4;/h2-6,8-9H,13H2,1H3;3*1-2H;. The Morgan fingerprint density at radius 1 is 0.885 bits per heavy atom. The second-order valence-electron chi connectivity index (χ2n) is 4.39. The van der Waals surface area contributed by atoms with E-state index in [0.717, 1.165) is 16.1 Å². The van der Waals surface area contributed by atoms with Crippen molar-refractivity contribution in [2.75, 3.05) is 0 Å². The summed E-state index contributed by atoms with van der Waals surface area (Å²) in [6, 6.07) is 13.0. The molecule has 2 rings (SSSR count). The topological polar surface area (TPSA) is 77.2 Å². The number of hydrogen-bond donors (Lipinski definition) is 1. The van der Waals surface area contributed by atoms with Crippen molar-refractivity contribution in [1.82, 2.24) is 0 Å². The largest absolute Gasteiger partial charge is 0.298 e. The van der Waals surface area contributed by atoms with Gasteiger partial charge in [0.05, 0.1) is 0 Å². The van der Waals surface area contributed by atoms with Gasteiger partial charge in [0.2, 0.25) is 0 Å². The number of carbonyl (C=O) groups excluding carboxylic acids is 3. The third-order valence-electron chi connectivity index (χ3n) is 2.58. The van der Waals surface area contributed by atoms with Crippen molar-refractivity contribution in [3.63, 3.8) is 0 Å². The molecule has 0 aliphatic heterocycles. The van der Waals surface area contributed by atoms with Crippen molar-refractivity contribution in [2.45, 2.75) is 13.0 Å². The van der Waals surface area contributed by atoms with Gasteiger partial charge in [-0.25, -0.2) is 0 Å². The number of fused-ring (bicyclic) bond motifs is 1. The Hall–Kier alpha value is -1.26. The fourth-order valence-corrected chi connectivity index (χ4v) is 2.93. The molecule has 1 unspecified atom stereocenters. The number of aldehydes is 3. The first-order valence-electron chi connectivity index (χ1n) is 7.10. The van der Waals surface area contributed by atoms with Gasteiger partial charge in [-0.05, 0) is 0 Å². The molecule has 2 N–H and O–H groups in total. The molecule has 2 aromatic rings. The van der Waals surface area contributed by atoms with Crippen LogP contribution >= 0.6 is 36.7 Å². The number of rotatable bonds is 4. The fourth-order valence-electron chi connectivity index (χ4n) is 1.63. The average molecular weight is 511 g/mol. The molecule has 0 aliphatic rings. The molecule has 3 radical (unpaired) electrons. The van der Waals surface area contributed by atoms with E-state index in [1.807, 2.05) is 6.92 Å². The molecule has 8 heteroatoms. The maximum atomic E-state index is 9.01. The summed E-state index contributed by atoms with van der Waals surface area (Å²) >= 11 is 13.6. The van der Waals surface area contributed by atoms with Crippen molar-refractivity contribution < 1.29 is 14.4 Å². The Labute approximate surface area is 182 Å². The summed E-state index contributed by atoms with van der Waals surface area (Å²) < 4.78 is 1.37. The molecule has 1 atom stereocenters. The molecule has 0 fully saturated rings. The van der Waals surface area contributed by atoms with Crippen LogP contribution in [0.5, 0.6) is 0 Å². The molecule has 0 aromatic heterocycles. The maximum absolute atomic E-state index is 9.01. The zero-order valence-electron chi connectivity index (χ0n) is 14.0. The van der Waals surface area contributed by atoms with Crippen molar-refractivity contribution in [2.24, 2.45) is 5.73 Å². The van der Waals surface area contributed by atoms with Crippen LogP contribution in [0.15, 0.2) is 36.4 Å². The van der Waals surface area contributed by atoms with Gasteiger partial charge in [0, 0.05) is 16.1 Å². The smallest absolute Gasteiger partial charge is 0.153 e. The summed E-state index contributed by atoms with van der Waals surface area (Å²) in [5.74, 6) is 0. The van der Waals surface area contributed by atoms with Crippen LogP contribution in [0.3, 0.4) is 0 Å². The maximum Gasteiger partial charge on any atom is 0.153 e. The zero-order chi connectivity index (χ0) is 20.4. The van der Waals surface area contributed by atoms with Crippen molar-refractivity contribution in [1.29, 1.82) is 0 Å². The minimum Gasteiger partial charge on any atom is -0.298 e. The van der Waals surface area contributed by atoms with Gasteiger partial charge in [0.25, 0.3) is 0 Å². The minimum absolute atomic E-state index is 0.133. The SMILES string of the molecule is CC(N)c1cc2ccccc2c[c]1[Sn].O=CC=S.O=CC=S.O=CC=S. The fraction of sp³-hybridized carbons (Fsp3) is 0.111. The molecule has 0 saturated carbocycles. The summed E-state index contributed by atoms with van der Waals surface area (Å²) in [4.78, 5) is 27.0. The molecule has 0 heterocycles. The van der Waals surface area contributed by atoms with Crippen molar-refractivity contribution in [3.8, 4) is 0 Å². The third kappa shape index (κ3) is 13.0. The minimum atomic E-state index is 0.133. The monoisotopic (exact) mass is 512 g/mol. The van der Waals surface area contributed by atoms with E-state index in [9.17, 15) is 0 Å².